The van der Waals surface area contributed by atoms with Gasteiger partial charge in [-0.15, -0.1) is 0 Å². The molecule has 2 aromatic rings. The molecule has 0 atom stereocenters. The van der Waals surface area contributed by atoms with Crippen molar-refractivity contribution < 1.29 is 17.9 Å². The van der Waals surface area contributed by atoms with Gasteiger partial charge in [-0.2, -0.15) is 4.31 Å². The standard InChI is InChI=1S/C22H29N3O4S/c1-18-3-5-19(6-4-18)17-25(14-11-22(26)24-15-12-23-13-16-24)30(27,28)21-9-7-20(29-2)8-10-21/h3-10,23H,11-17H2,1-2H3. The van der Waals surface area contributed by atoms with Crippen LogP contribution in [0.15, 0.2) is 53.4 Å². The number of nitrogens with one attached hydrogen (secondary N) is 1. The van der Waals surface area contributed by atoms with Crippen LogP contribution in [-0.2, 0) is 21.4 Å². The Kier molecular flexibility index (Phi) is 7.47. The third-order valence-electron chi connectivity index (χ3n) is 5.22. The van der Waals surface area contributed by atoms with Gasteiger partial charge in [0, 0.05) is 45.7 Å². The molecule has 3 rings (SSSR count). The van der Waals surface area contributed by atoms with E-state index < -0.39 is 10.0 Å². The molecule has 0 spiro atoms. The van der Waals surface area contributed by atoms with Gasteiger partial charge in [0.15, 0.2) is 0 Å². The van der Waals surface area contributed by atoms with Crippen LogP contribution in [0, 0.1) is 6.92 Å². The lowest BCUT2D eigenvalue weighted by Crippen LogP contribution is -2.47. The zero-order valence-corrected chi connectivity index (χ0v) is 18.3. The highest BCUT2D eigenvalue weighted by Gasteiger charge is 2.26. The Morgan fingerprint density at radius 1 is 1.07 bits per heavy atom. The third-order valence-corrected chi connectivity index (χ3v) is 7.08. The Bertz CT molecular complexity index is 937. The lowest BCUT2D eigenvalue weighted by atomic mass is 10.1. The summed E-state index contributed by atoms with van der Waals surface area (Å²) in [6.07, 6.45) is 0.154. The number of carbonyl (C=O) groups excluding carboxylic acids is 1. The summed E-state index contributed by atoms with van der Waals surface area (Å²) in [6.45, 7) is 5.17. The minimum absolute atomic E-state index is 0.0182. The first-order valence-corrected chi connectivity index (χ1v) is 11.5. The number of piperazine rings is 1. The molecule has 1 N–H and O–H groups in total. The van der Waals surface area contributed by atoms with Crippen molar-refractivity contribution in [2.45, 2.75) is 24.8 Å². The fourth-order valence-electron chi connectivity index (χ4n) is 3.37. The predicted molar refractivity (Wildman–Crippen MR) is 116 cm³/mol. The van der Waals surface area contributed by atoms with E-state index in [2.05, 4.69) is 5.32 Å². The largest absolute Gasteiger partial charge is 0.497 e. The lowest BCUT2D eigenvalue weighted by molar-refractivity contribution is -0.131. The van der Waals surface area contributed by atoms with Gasteiger partial charge >= 0.3 is 0 Å². The Hall–Kier alpha value is -2.42. The number of carbonyl (C=O) groups is 1. The molecule has 8 heteroatoms. The summed E-state index contributed by atoms with van der Waals surface area (Å²) in [7, 11) is -2.23. The number of nitrogens with zero attached hydrogens (tertiary/aromatic N) is 2. The van der Waals surface area contributed by atoms with Crippen LogP contribution in [0.1, 0.15) is 17.5 Å². The molecule has 0 unspecified atom stereocenters. The molecule has 30 heavy (non-hydrogen) atoms. The molecule has 2 aromatic carbocycles. The zero-order chi connectivity index (χ0) is 21.6. The second-order valence-corrected chi connectivity index (χ2v) is 9.32. The van der Waals surface area contributed by atoms with Gasteiger partial charge in [-0.3, -0.25) is 4.79 Å². The Balaban J connectivity index is 1.79. The molecule has 162 valence electrons. The summed E-state index contributed by atoms with van der Waals surface area (Å²) in [6, 6.07) is 14.1. The molecular formula is C22H29N3O4S. The summed E-state index contributed by atoms with van der Waals surface area (Å²) >= 11 is 0. The van der Waals surface area contributed by atoms with E-state index in [4.69, 9.17) is 4.74 Å². The highest BCUT2D eigenvalue weighted by molar-refractivity contribution is 7.89. The summed E-state index contributed by atoms with van der Waals surface area (Å²) in [5.74, 6) is 0.572. The van der Waals surface area contributed by atoms with Crippen LogP contribution >= 0.6 is 0 Å². The van der Waals surface area contributed by atoms with E-state index in [1.54, 1.807) is 17.0 Å². The van der Waals surface area contributed by atoms with E-state index in [0.717, 1.165) is 24.2 Å². The van der Waals surface area contributed by atoms with Crippen LogP contribution in [0.25, 0.3) is 0 Å². The maximum Gasteiger partial charge on any atom is 0.243 e. The number of rotatable bonds is 8. The molecular weight excluding hydrogens is 402 g/mol. The van der Waals surface area contributed by atoms with Crippen LogP contribution < -0.4 is 10.1 Å². The second-order valence-electron chi connectivity index (χ2n) is 7.38. The average Bonchev–Trinajstić information content (AvgIpc) is 2.78. The lowest BCUT2D eigenvalue weighted by Gasteiger charge is -2.29. The number of benzene rings is 2. The highest BCUT2D eigenvalue weighted by atomic mass is 32.2. The van der Waals surface area contributed by atoms with E-state index in [9.17, 15) is 13.2 Å². The molecule has 1 aliphatic heterocycles. The first-order chi connectivity index (χ1) is 14.4. The van der Waals surface area contributed by atoms with Gasteiger partial charge < -0.3 is 15.0 Å². The van der Waals surface area contributed by atoms with Gasteiger partial charge in [0.1, 0.15) is 5.75 Å². The van der Waals surface area contributed by atoms with E-state index in [1.807, 2.05) is 31.2 Å². The molecule has 1 saturated heterocycles. The van der Waals surface area contributed by atoms with Crippen molar-refractivity contribution in [3.05, 3.63) is 59.7 Å². The summed E-state index contributed by atoms with van der Waals surface area (Å²) in [4.78, 5) is 14.6. The molecule has 0 aromatic heterocycles. The number of sulfonamides is 1. The predicted octanol–water partition coefficient (Wildman–Crippen LogP) is 2.02. The second kappa shape index (κ2) is 10.1. The van der Waals surface area contributed by atoms with Crippen LogP contribution in [0.2, 0.25) is 0 Å². The Labute approximate surface area is 178 Å². The zero-order valence-electron chi connectivity index (χ0n) is 17.5. The molecule has 1 aliphatic rings. The monoisotopic (exact) mass is 431 g/mol. The van der Waals surface area contributed by atoms with Gasteiger partial charge in [-0.05, 0) is 36.8 Å². The molecule has 0 aliphatic carbocycles. The molecule has 1 fully saturated rings. The normalized spacial score (nSPS) is 14.7. The molecule has 0 saturated carbocycles. The Morgan fingerprint density at radius 3 is 2.30 bits per heavy atom. The molecule has 1 heterocycles. The first-order valence-electron chi connectivity index (χ1n) is 10.1. The molecule has 0 radical (unpaired) electrons. The van der Waals surface area contributed by atoms with Crippen molar-refractivity contribution in [1.82, 2.24) is 14.5 Å². The van der Waals surface area contributed by atoms with E-state index in [0.29, 0.717) is 18.8 Å². The van der Waals surface area contributed by atoms with Crippen LogP contribution in [0.4, 0.5) is 0 Å². The number of aryl methyl sites for hydroxylation is 1. The molecule has 0 bridgehead atoms. The van der Waals surface area contributed by atoms with Gasteiger partial charge in [0.25, 0.3) is 0 Å². The fourth-order valence-corrected chi connectivity index (χ4v) is 4.80. The minimum atomic E-state index is -3.77. The minimum Gasteiger partial charge on any atom is -0.497 e. The van der Waals surface area contributed by atoms with Crippen LogP contribution in [0.3, 0.4) is 0 Å². The van der Waals surface area contributed by atoms with Crippen LogP contribution in [-0.4, -0.2) is 63.4 Å². The molecule has 7 nitrogen and oxygen atoms in total. The molecule has 1 amide bonds. The van der Waals surface area contributed by atoms with Gasteiger partial charge in [0.2, 0.25) is 15.9 Å². The van der Waals surface area contributed by atoms with E-state index in [-0.39, 0.29) is 30.3 Å². The Morgan fingerprint density at radius 2 is 1.70 bits per heavy atom. The summed E-state index contributed by atoms with van der Waals surface area (Å²) in [5, 5.41) is 3.22. The van der Waals surface area contributed by atoms with Crippen molar-refractivity contribution >= 4 is 15.9 Å². The maximum absolute atomic E-state index is 13.3. The van der Waals surface area contributed by atoms with E-state index >= 15 is 0 Å². The van der Waals surface area contributed by atoms with Crippen molar-refractivity contribution in [2.75, 3.05) is 39.8 Å². The summed E-state index contributed by atoms with van der Waals surface area (Å²) < 4.78 is 33.2. The van der Waals surface area contributed by atoms with Crippen molar-refractivity contribution in [1.29, 1.82) is 0 Å². The summed E-state index contributed by atoms with van der Waals surface area (Å²) in [5.41, 5.74) is 1.99. The third kappa shape index (κ3) is 5.59. The highest BCUT2D eigenvalue weighted by Crippen LogP contribution is 2.22. The quantitative estimate of drug-likeness (QED) is 0.692. The number of hydrogen-bond donors (Lipinski definition) is 1. The smallest absolute Gasteiger partial charge is 0.243 e. The number of hydrogen-bond acceptors (Lipinski definition) is 5. The first kappa shape index (κ1) is 22.3. The van der Waals surface area contributed by atoms with Gasteiger partial charge in [-0.1, -0.05) is 29.8 Å². The number of ether oxygens (including phenoxy) is 1. The van der Waals surface area contributed by atoms with E-state index in [1.165, 1.54) is 23.5 Å². The van der Waals surface area contributed by atoms with Gasteiger partial charge in [-0.25, -0.2) is 8.42 Å². The van der Waals surface area contributed by atoms with Crippen molar-refractivity contribution in [3.8, 4) is 5.75 Å². The van der Waals surface area contributed by atoms with Crippen LogP contribution in [0.5, 0.6) is 5.75 Å². The number of amides is 1. The SMILES string of the molecule is COc1ccc(S(=O)(=O)N(CCC(=O)N2CCNCC2)Cc2ccc(C)cc2)cc1. The average molecular weight is 432 g/mol. The van der Waals surface area contributed by atoms with Crippen molar-refractivity contribution in [2.24, 2.45) is 0 Å². The topological polar surface area (TPSA) is 79.0 Å². The fraction of sp³-hybridized carbons (Fsp3) is 0.409. The number of methoxy groups -OCH3 is 1. The maximum atomic E-state index is 13.3. The van der Waals surface area contributed by atoms with Crippen molar-refractivity contribution in [3.63, 3.8) is 0 Å². The van der Waals surface area contributed by atoms with Gasteiger partial charge in [0.05, 0.1) is 12.0 Å².